The zero-order valence-corrected chi connectivity index (χ0v) is 23.3. The van der Waals surface area contributed by atoms with E-state index in [9.17, 15) is 51.8 Å². The number of hydrogen-bond acceptors (Lipinski definition) is 13. The quantitative estimate of drug-likeness (QED) is 0.216. The molecule has 0 aromatic rings. The molecule has 1 aliphatic rings. The van der Waals surface area contributed by atoms with Crippen LogP contribution in [0.1, 0.15) is 60.3 Å². The van der Waals surface area contributed by atoms with Crippen LogP contribution in [0.4, 0.5) is 13.2 Å². The molecule has 1 heterocycles. The summed E-state index contributed by atoms with van der Waals surface area (Å²) in [6, 6.07) is -1.70. The summed E-state index contributed by atoms with van der Waals surface area (Å²) in [6.45, 7) is 3.73. The number of halogens is 3. The highest BCUT2D eigenvalue weighted by molar-refractivity contribution is 5.81. The highest BCUT2D eigenvalue weighted by Gasteiger charge is 2.60. The third-order valence-corrected chi connectivity index (χ3v) is 5.45. The van der Waals surface area contributed by atoms with Crippen LogP contribution in [0.2, 0.25) is 0 Å². The van der Waals surface area contributed by atoms with E-state index in [0.717, 1.165) is 34.6 Å². The van der Waals surface area contributed by atoms with Crippen molar-refractivity contribution < 1.29 is 80.3 Å². The number of ether oxygens (including phenoxy) is 6. The zero-order chi connectivity index (χ0) is 32.4. The Kier molecular flexibility index (Phi) is 13.2. The summed E-state index contributed by atoms with van der Waals surface area (Å²) in [4.78, 5) is 84.4. The number of esters is 5. The van der Waals surface area contributed by atoms with Crippen LogP contribution in [-0.4, -0.2) is 95.9 Å². The number of amides is 1. The van der Waals surface area contributed by atoms with E-state index in [1.807, 2.05) is 0 Å². The number of rotatable bonds is 13. The fraction of sp³-hybridized carbons (Fsp3) is 0.708. The van der Waals surface area contributed by atoms with Crippen molar-refractivity contribution in [1.29, 1.82) is 0 Å². The van der Waals surface area contributed by atoms with Crippen molar-refractivity contribution in [2.24, 2.45) is 0 Å². The van der Waals surface area contributed by atoms with Gasteiger partial charge in [0.25, 0.3) is 0 Å². The molecule has 18 heteroatoms. The van der Waals surface area contributed by atoms with Gasteiger partial charge in [0, 0.05) is 47.5 Å². The Hall–Kier alpha value is -3.96. The predicted octanol–water partition coefficient (Wildman–Crippen LogP) is 0.695. The van der Waals surface area contributed by atoms with Crippen molar-refractivity contribution in [3.63, 3.8) is 0 Å². The Bertz CT molecular complexity index is 1050. The van der Waals surface area contributed by atoms with Crippen LogP contribution in [0, 0.1) is 0 Å². The molecule has 1 aliphatic heterocycles. The second kappa shape index (κ2) is 15.3. The fourth-order valence-electron chi connectivity index (χ4n) is 4.06. The standard InChI is InChI=1S/C24H32F3NO14/c1-11(29)37-10-17(39-13(3)31)20(40-14(4)32)21-19(28-18(34)7-6-8-24(25,26)27)16(38-12(2)30)9-23(42-21,22(35)36)41-15(5)33/h16-17,19-21H,6-10H2,1-5H3,(H,28,34)(H,35,36)/t16?,17-,19?,20-,21?,23?/m1/s1. The Balaban J connectivity index is 3.76. The normalized spacial score (nSPS) is 23.4. The molecule has 4 unspecified atom stereocenters. The van der Waals surface area contributed by atoms with Gasteiger partial charge in [-0.1, -0.05) is 0 Å². The molecule has 42 heavy (non-hydrogen) atoms. The minimum Gasteiger partial charge on any atom is -0.476 e. The van der Waals surface area contributed by atoms with Gasteiger partial charge in [-0.2, -0.15) is 13.2 Å². The molecule has 0 aromatic carbocycles. The van der Waals surface area contributed by atoms with Gasteiger partial charge in [-0.15, -0.1) is 0 Å². The highest BCUT2D eigenvalue weighted by atomic mass is 19.4. The lowest BCUT2D eigenvalue weighted by atomic mass is 9.87. The molecule has 0 radical (unpaired) electrons. The van der Waals surface area contributed by atoms with Crippen LogP contribution in [0.5, 0.6) is 0 Å². The maximum atomic E-state index is 12.7. The highest BCUT2D eigenvalue weighted by Crippen LogP contribution is 2.36. The maximum Gasteiger partial charge on any atom is 0.389 e. The lowest BCUT2D eigenvalue weighted by Crippen LogP contribution is -2.69. The van der Waals surface area contributed by atoms with Crippen LogP contribution in [0.3, 0.4) is 0 Å². The molecule has 1 rings (SSSR count). The molecule has 0 spiro atoms. The average molecular weight is 616 g/mol. The van der Waals surface area contributed by atoms with Crippen LogP contribution < -0.4 is 5.32 Å². The molecule has 15 nitrogen and oxygen atoms in total. The van der Waals surface area contributed by atoms with Crippen molar-refractivity contribution in [2.75, 3.05) is 6.61 Å². The lowest BCUT2D eigenvalue weighted by Gasteiger charge is -2.47. The maximum absolute atomic E-state index is 12.7. The molecule has 0 aliphatic carbocycles. The first-order chi connectivity index (χ1) is 19.3. The molecular formula is C24H32F3NO14. The van der Waals surface area contributed by atoms with Crippen LogP contribution >= 0.6 is 0 Å². The van der Waals surface area contributed by atoms with E-state index >= 15 is 0 Å². The third-order valence-electron chi connectivity index (χ3n) is 5.45. The topological polar surface area (TPSA) is 207 Å². The summed E-state index contributed by atoms with van der Waals surface area (Å²) in [5, 5.41) is 12.3. The van der Waals surface area contributed by atoms with Gasteiger partial charge in [0.15, 0.2) is 12.2 Å². The van der Waals surface area contributed by atoms with E-state index in [2.05, 4.69) is 5.32 Å². The Labute approximate surface area is 237 Å². The second-order valence-electron chi connectivity index (χ2n) is 9.17. The Morgan fingerprint density at radius 1 is 0.929 bits per heavy atom. The van der Waals surface area contributed by atoms with Crippen molar-refractivity contribution in [1.82, 2.24) is 5.32 Å². The third kappa shape index (κ3) is 11.9. The van der Waals surface area contributed by atoms with Crippen LogP contribution in [-0.2, 0) is 62.0 Å². The molecule has 1 amide bonds. The van der Waals surface area contributed by atoms with E-state index in [-0.39, 0.29) is 0 Å². The summed E-state index contributed by atoms with van der Waals surface area (Å²) in [6.07, 6.45) is -15.6. The summed E-state index contributed by atoms with van der Waals surface area (Å²) in [5.41, 5.74) is 0. The number of aliphatic carboxylic acids is 1. The summed E-state index contributed by atoms with van der Waals surface area (Å²) in [7, 11) is 0. The molecule has 2 N–H and O–H groups in total. The molecule has 238 valence electrons. The minimum absolute atomic E-state index is 0.659. The number of nitrogens with one attached hydrogen (secondary N) is 1. The van der Waals surface area contributed by atoms with Crippen molar-refractivity contribution in [2.45, 2.75) is 103 Å². The zero-order valence-electron chi connectivity index (χ0n) is 23.3. The van der Waals surface area contributed by atoms with E-state index in [1.165, 1.54) is 0 Å². The summed E-state index contributed by atoms with van der Waals surface area (Å²) < 4.78 is 68.8. The molecular weight excluding hydrogens is 583 g/mol. The first kappa shape index (κ1) is 36.1. The number of carboxylic acid groups (broad SMARTS) is 1. The molecule has 0 bridgehead atoms. The van der Waals surface area contributed by atoms with Gasteiger partial charge in [0.05, 0.1) is 12.5 Å². The number of carbonyl (C=O) groups is 7. The van der Waals surface area contributed by atoms with Gasteiger partial charge < -0.3 is 38.8 Å². The van der Waals surface area contributed by atoms with Gasteiger partial charge in [-0.25, -0.2) is 4.79 Å². The summed E-state index contributed by atoms with van der Waals surface area (Å²) >= 11 is 0. The lowest BCUT2D eigenvalue weighted by molar-refractivity contribution is -0.303. The van der Waals surface area contributed by atoms with Crippen molar-refractivity contribution in [3.05, 3.63) is 0 Å². The Morgan fingerprint density at radius 3 is 1.98 bits per heavy atom. The van der Waals surface area contributed by atoms with Gasteiger partial charge >= 0.3 is 47.8 Å². The predicted molar refractivity (Wildman–Crippen MR) is 127 cm³/mol. The van der Waals surface area contributed by atoms with Crippen LogP contribution in [0.15, 0.2) is 0 Å². The molecule has 0 saturated carbocycles. The van der Waals surface area contributed by atoms with Gasteiger partial charge in [0.2, 0.25) is 5.91 Å². The van der Waals surface area contributed by atoms with Crippen molar-refractivity contribution in [3.8, 4) is 0 Å². The van der Waals surface area contributed by atoms with Gasteiger partial charge in [-0.05, 0) is 6.42 Å². The number of carbonyl (C=O) groups excluding carboxylic acids is 6. The number of hydrogen-bond donors (Lipinski definition) is 2. The van der Waals surface area contributed by atoms with E-state index in [1.54, 1.807) is 0 Å². The number of alkyl halides is 3. The SMILES string of the molecule is CC(=O)OC[C@@H](OC(C)=O)[C@@H](OC(C)=O)C1OC(OC(C)=O)(C(=O)O)CC(OC(C)=O)C1NC(=O)CCCC(F)(F)F. The molecule has 1 saturated heterocycles. The molecule has 6 atom stereocenters. The van der Waals surface area contributed by atoms with Gasteiger partial charge in [0.1, 0.15) is 18.8 Å². The van der Waals surface area contributed by atoms with E-state index in [4.69, 9.17) is 28.4 Å². The fourth-order valence-corrected chi connectivity index (χ4v) is 4.06. The van der Waals surface area contributed by atoms with Crippen molar-refractivity contribution >= 4 is 41.7 Å². The molecule has 0 aromatic heterocycles. The largest absolute Gasteiger partial charge is 0.476 e. The van der Waals surface area contributed by atoms with Gasteiger partial charge in [-0.3, -0.25) is 28.8 Å². The molecule has 1 fully saturated rings. The minimum atomic E-state index is -4.57. The van der Waals surface area contributed by atoms with Crippen LogP contribution in [0.25, 0.3) is 0 Å². The average Bonchev–Trinajstić information content (AvgIpc) is 2.79. The summed E-state index contributed by atoms with van der Waals surface area (Å²) in [5.74, 6) is -11.1. The smallest absolute Gasteiger partial charge is 0.389 e. The van der Waals surface area contributed by atoms with E-state index in [0.29, 0.717) is 0 Å². The second-order valence-corrected chi connectivity index (χ2v) is 9.17. The Morgan fingerprint density at radius 2 is 1.52 bits per heavy atom. The first-order valence-electron chi connectivity index (χ1n) is 12.4. The number of carboxylic acids is 1. The monoisotopic (exact) mass is 615 g/mol. The van der Waals surface area contributed by atoms with E-state index < -0.39 is 116 Å². The first-order valence-corrected chi connectivity index (χ1v) is 12.4.